The van der Waals surface area contributed by atoms with Crippen LogP contribution in [0.15, 0.2) is 35.7 Å². The molecule has 0 aliphatic rings. The fourth-order valence-corrected chi connectivity index (χ4v) is 4.80. The first-order valence-corrected chi connectivity index (χ1v) is 9.14. The zero-order chi connectivity index (χ0) is 14.8. The van der Waals surface area contributed by atoms with Crippen molar-refractivity contribution in [1.82, 2.24) is 5.32 Å². The van der Waals surface area contributed by atoms with Gasteiger partial charge in [-0.15, -0.1) is 22.7 Å². The summed E-state index contributed by atoms with van der Waals surface area (Å²) in [7, 11) is 0. The van der Waals surface area contributed by atoms with Gasteiger partial charge in [0.25, 0.3) is 0 Å². The SMILES string of the molecule is CCNC(Cc1csc2ccccc12)c1cc(C)c(C)s1. The normalized spacial score (nSPS) is 12.9. The number of fused-ring (bicyclic) bond motifs is 1. The summed E-state index contributed by atoms with van der Waals surface area (Å²) in [5, 5.41) is 7.39. The van der Waals surface area contributed by atoms with E-state index in [0.29, 0.717) is 6.04 Å². The number of thiophene rings is 2. The van der Waals surface area contributed by atoms with Gasteiger partial charge in [0.2, 0.25) is 0 Å². The summed E-state index contributed by atoms with van der Waals surface area (Å²) in [4.78, 5) is 2.89. The fraction of sp³-hybridized carbons (Fsp3) is 0.333. The molecule has 0 aliphatic carbocycles. The second-order valence-corrected chi connectivity index (χ2v) is 7.66. The third kappa shape index (κ3) is 3.05. The lowest BCUT2D eigenvalue weighted by atomic mass is 10.0. The number of hydrogen-bond acceptors (Lipinski definition) is 3. The van der Waals surface area contributed by atoms with Crippen molar-refractivity contribution in [3.63, 3.8) is 0 Å². The summed E-state index contributed by atoms with van der Waals surface area (Å²) in [5.41, 5.74) is 2.87. The standard InChI is InChI=1S/C18H21NS2/c1-4-19-16(18-9-12(2)13(3)21-18)10-14-11-20-17-8-6-5-7-15(14)17/h5-9,11,16,19H,4,10H2,1-3H3. The summed E-state index contributed by atoms with van der Waals surface area (Å²) in [6.07, 6.45) is 1.07. The Hall–Kier alpha value is -1.16. The molecule has 0 aliphatic heterocycles. The molecular weight excluding hydrogens is 294 g/mol. The molecule has 1 aromatic carbocycles. The summed E-state index contributed by atoms with van der Waals surface area (Å²) >= 11 is 3.78. The second kappa shape index (κ2) is 6.30. The number of aryl methyl sites for hydroxylation is 2. The number of nitrogens with one attached hydrogen (secondary N) is 1. The van der Waals surface area contributed by atoms with Crippen molar-refractivity contribution < 1.29 is 0 Å². The van der Waals surface area contributed by atoms with Crippen molar-refractivity contribution in [3.05, 3.63) is 56.6 Å². The Morgan fingerprint density at radius 1 is 1.19 bits per heavy atom. The molecule has 110 valence electrons. The molecular formula is C18H21NS2. The van der Waals surface area contributed by atoms with Gasteiger partial charge in [0, 0.05) is 20.5 Å². The Balaban J connectivity index is 1.91. The Labute approximate surface area is 134 Å². The molecule has 0 saturated heterocycles. The van der Waals surface area contributed by atoms with E-state index >= 15 is 0 Å². The highest BCUT2D eigenvalue weighted by molar-refractivity contribution is 7.17. The molecule has 1 unspecified atom stereocenters. The highest BCUT2D eigenvalue weighted by Gasteiger charge is 2.16. The van der Waals surface area contributed by atoms with Crippen LogP contribution in [0.4, 0.5) is 0 Å². The monoisotopic (exact) mass is 315 g/mol. The number of rotatable bonds is 5. The van der Waals surface area contributed by atoms with Crippen LogP contribution in [0.25, 0.3) is 10.1 Å². The number of benzene rings is 1. The summed E-state index contributed by atoms with van der Waals surface area (Å²) < 4.78 is 1.39. The van der Waals surface area contributed by atoms with E-state index in [-0.39, 0.29) is 0 Å². The molecule has 0 spiro atoms. The molecule has 1 atom stereocenters. The van der Waals surface area contributed by atoms with Crippen LogP contribution in [-0.4, -0.2) is 6.54 Å². The van der Waals surface area contributed by atoms with E-state index in [1.807, 2.05) is 22.7 Å². The lowest BCUT2D eigenvalue weighted by Gasteiger charge is -2.16. The third-order valence-corrected chi connectivity index (χ3v) is 6.24. The number of hydrogen-bond donors (Lipinski definition) is 1. The first kappa shape index (κ1) is 14.8. The maximum Gasteiger partial charge on any atom is 0.0456 e. The molecule has 0 fully saturated rings. The van der Waals surface area contributed by atoms with Crippen molar-refractivity contribution in [2.75, 3.05) is 6.54 Å². The molecule has 0 radical (unpaired) electrons. The van der Waals surface area contributed by atoms with Gasteiger partial charge >= 0.3 is 0 Å². The van der Waals surface area contributed by atoms with Crippen LogP contribution in [0.2, 0.25) is 0 Å². The Kier molecular flexibility index (Phi) is 4.43. The molecule has 2 heterocycles. The summed E-state index contributed by atoms with van der Waals surface area (Å²) in [5.74, 6) is 0. The smallest absolute Gasteiger partial charge is 0.0456 e. The minimum Gasteiger partial charge on any atom is -0.309 e. The molecule has 0 bridgehead atoms. The molecule has 0 amide bonds. The molecule has 3 heteroatoms. The van der Waals surface area contributed by atoms with Crippen LogP contribution in [-0.2, 0) is 6.42 Å². The molecule has 3 rings (SSSR count). The minimum absolute atomic E-state index is 0.422. The van der Waals surface area contributed by atoms with Crippen LogP contribution < -0.4 is 5.32 Å². The zero-order valence-corrected chi connectivity index (χ0v) is 14.4. The zero-order valence-electron chi connectivity index (χ0n) is 12.8. The van der Waals surface area contributed by atoms with Gasteiger partial charge in [-0.1, -0.05) is 25.1 Å². The highest BCUT2D eigenvalue weighted by Crippen LogP contribution is 2.32. The first-order valence-electron chi connectivity index (χ1n) is 7.44. The minimum atomic E-state index is 0.422. The molecule has 2 aromatic heterocycles. The fourth-order valence-electron chi connectivity index (χ4n) is 2.70. The number of likely N-dealkylation sites (N-methyl/N-ethyl adjacent to an activating group) is 1. The third-order valence-electron chi connectivity index (χ3n) is 3.96. The maximum absolute atomic E-state index is 3.66. The van der Waals surface area contributed by atoms with Crippen LogP contribution in [0, 0.1) is 13.8 Å². The van der Waals surface area contributed by atoms with Gasteiger partial charge in [-0.05, 0) is 60.8 Å². The molecule has 1 nitrogen and oxygen atoms in total. The van der Waals surface area contributed by atoms with Crippen molar-refractivity contribution in [2.45, 2.75) is 33.2 Å². The van der Waals surface area contributed by atoms with Gasteiger partial charge in [0.1, 0.15) is 0 Å². The van der Waals surface area contributed by atoms with Gasteiger partial charge in [-0.25, -0.2) is 0 Å². The van der Waals surface area contributed by atoms with Crippen molar-refractivity contribution in [1.29, 1.82) is 0 Å². The van der Waals surface area contributed by atoms with Crippen molar-refractivity contribution in [3.8, 4) is 0 Å². The second-order valence-electron chi connectivity index (χ2n) is 5.46. The Bertz CT molecular complexity index is 719. The van der Waals surface area contributed by atoms with Crippen molar-refractivity contribution >= 4 is 32.8 Å². The largest absolute Gasteiger partial charge is 0.309 e. The Morgan fingerprint density at radius 2 is 2.00 bits per heavy atom. The van der Waals surface area contributed by atoms with E-state index in [1.54, 1.807) is 0 Å². The molecule has 3 aromatic rings. The van der Waals surface area contributed by atoms with Crippen LogP contribution >= 0.6 is 22.7 Å². The molecule has 21 heavy (non-hydrogen) atoms. The van der Waals surface area contributed by atoms with Gasteiger partial charge < -0.3 is 5.32 Å². The van der Waals surface area contributed by atoms with E-state index < -0.39 is 0 Å². The van der Waals surface area contributed by atoms with Crippen LogP contribution in [0.5, 0.6) is 0 Å². The average Bonchev–Trinajstić information content (AvgIpc) is 3.03. The topological polar surface area (TPSA) is 12.0 Å². The summed E-state index contributed by atoms with van der Waals surface area (Å²) in [6.45, 7) is 7.61. The average molecular weight is 316 g/mol. The van der Waals surface area contributed by atoms with E-state index in [9.17, 15) is 0 Å². The summed E-state index contributed by atoms with van der Waals surface area (Å²) in [6, 6.07) is 11.5. The predicted octanol–water partition coefficient (Wildman–Crippen LogP) is 5.47. The van der Waals surface area contributed by atoms with E-state index in [4.69, 9.17) is 0 Å². The predicted molar refractivity (Wildman–Crippen MR) is 95.7 cm³/mol. The maximum atomic E-state index is 3.66. The van der Waals surface area contributed by atoms with Gasteiger partial charge in [0.15, 0.2) is 0 Å². The molecule has 1 N–H and O–H groups in total. The van der Waals surface area contributed by atoms with E-state index in [0.717, 1.165) is 13.0 Å². The van der Waals surface area contributed by atoms with Gasteiger partial charge in [0.05, 0.1) is 0 Å². The Morgan fingerprint density at radius 3 is 2.71 bits per heavy atom. The van der Waals surface area contributed by atoms with Gasteiger partial charge in [-0.2, -0.15) is 0 Å². The highest BCUT2D eigenvalue weighted by atomic mass is 32.1. The van der Waals surface area contributed by atoms with Gasteiger partial charge in [-0.3, -0.25) is 0 Å². The van der Waals surface area contributed by atoms with Crippen molar-refractivity contribution in [2.24, 2.45) is 0 Å². The lowest BCUT2D eigenvalue weighted by molar-refractivity contribution is 0.560. The quantitative estimate of drug-likeness (QED) is 0.658. The lowest BCUT2D eigenvalue weighted by Crippen LogP contribution is -2.21. The van der Waals surface area contributed by atoms with Crippen LogP contribution in [0.1, 0.15) is 33.8 Å². The van der Waals surface area contributed by atoms with E-state index in [1.165, 1.54) is 31.0 Å². The van der Waals surface area contributed by atoms with Crippen LogP contribution in [0.3, 0.4) is 0 Å². The molecule has 0 saturated carbocycles. The van der Waals surface area contributed by atoms with E-state index in [2.05, 4.69) is 61.8 Å². The first-order chi connectivity index (χ1) is 10.2.